The van der Waals surface area contributed by atoms with Crippen molar-refractivity contribution in [3.8, 4) is 0 Å². The minimum Gasteiger partial charge on any atom is -0.288 e. The average Bonchev–Trinajstić information content (AvgIpc) is 2.14. The van der Waals surface area contributed by atoms with Crippen LogP contribution in [0.15, 0.2) is 30.3 Å². The fraction of sp³-hybridized carbons (Fsp3) is 0.417. The Morgan fingerprint density at radius 3 is 2.13 bits per heavy atom. The fourth-order valence-corrected chi connectivity index (χ4v) is 5.27. The van der Waals surface area contributed by atoms with E-state index >= 15 is 0 Å². The Morgan fingerprint density at radius 1 is 1.20 bits per heavy atom. The maximum atomic E-state index is 11.3. The van der Waals surface area contributed by atoms with E-state index in [4.69, 9.17) is 0 Å². The van der Waals surface area contributed by atoms with Crippen molar-refractivity contribution in [2.45, 2.75) is 31.4 Å². The summed E-state index contributed by atoms with van der Waals surface area (Å²) in [5.41, 5.74) is 1.29. The van der Waals surface area contributed by atoms with Gasteiger partial charge in [-0.1, -0.05) is 61.7 Å². The number of thioether (sulfide) groups is 1. The van der Waals surface area contributed by atoms with Crippen molar-refractivity contribution in [3.63, 3.8) is 0 Å². The second kappa shape index (κ2) is 4.99. The van der Waals surface area contributed by atoms with Crippen LogP contribution in [-0.2, 0) is 4.79 Å². The molecule has 0 saturated carbocycles. The predicted octanol–water partition coefficient (Wildman–Crippen LogP) is 3.88. The van der Waals surface area contributed by atoms with E-state index in [2.05, 4.69) is 31.8 Å². The van der Waals surface area contributed by atoms with Crippen LogP contribution in [-0.4, -0.2) is 13.2 Å². The molecule has 82 valence electrons. The highest BCUT2D eigenvalue weighted by Crippen LogP contribution is 2.37. The van der Waals surface area contributed by atoms with Gasteiger partial charge in [0.05, 0.1) is 8.07 Å². The van der Waals surface area contributed by atoms with Crippen LogP contribution in [0.4, 0.5) is 0 Å². The number of carbonyl (C=O) groups is 1. The first-order valence-electron chi connectivity index (χ1n) is 5.13. The number of hydrogen-bond donors (Lipinski definition) is 0. The van der Waals surface area contributed by atoms with E-state index in [1.807, 2.05) is 18.2 Å². The molecule has 0 aliphatic carbocycles. The topological polar surface area (TPSA) is 17.1 Å². The van der Waals surface area contributed by atoms with Gasteiger partial charge in [0, 0.05) is 11.8 Å². The number of hydrogen-bond acceptors (Lipinski definition) is 2. The Kier molecular flexibility index (Phi) is 4.17. The molecule has 0 fully saturated rings. The average molecular weight is 238 g/mol. The van der Waals surface area contributed by atoms with E-state index in [1.165, 1.54) is 17.3 Å². The van der Waals surface area contributed by atoms with Crippen molar-refractivity contribution >= 4 is 25.0 Å². The Hall–Kier alpha value is -0.543. The number of benzene rings is 1. The zero-order valence-electron chi connectivity index (χ0n) is 9.78. The molecule has 0 spiro atoms. The van der Waals surface area contributed by atoms with Crippen molar-refractivity contribution in [3.05, 3.63) is 35.9 Å². The maximum Gasteiger partial charge on any atom is 0.186 e. The minimum atomic E-state index is -1.35. The number of rotatable bonds is 3. The molecular formula is C12H18OSSi. The van der Waals surface area contributed by atoms with E-state index in [9.17, 15) is 4.79 Å². The monoisotopic (exact) mass is 238 g/mol. The minimum absolute atomic E-state index is 0.214. The highest BCUT2D eigenvalue weighted by molar-refractivity contribution is 8.15. The first-order chi connectivity index (χ1) is 6.91. The van der Waals surface area contributed by atoms with E-state index in [-0.39, 0.29) is 5.12 Å². The summed E-state index contributed by atoms with van der Waals surface area (Å²) in [5, 5.41) is 0.214. The van der Waals surface area contributed by atoms with E-state index in [0.717, 1.165) is 0 Å². The molecule has 0 radical (unpaired) electrons. The van der Waals surface area contributed by atoms with Gasteiger partial charge in [0.2, 0.25) is 0 Å². The molecule has 1 unspecified atom stereocenters. The summed E-state index contributed by atoms with van der Waals surface area (Å²) in [4.78, 5) is 11.6. The quantitative estimate of drug-likeness (QED) is 0.743. The first-order valence-corrected chi connectivity index (χ1v) is 9.59. The van der Waals surface area contributed by atoms with Crippen molar-refractivity contribution < 1.29 is 4.79 Å². The molecule has 0 aliphatic heterocycles. The summed E-state index contributed by atoms with van der Waals surface area (Å²) in [6.45, 7) is 8.57. The van der Waals surface area contributed by atoms with Gasteiger partial charge in [0.1, 0.15) is 0 Å². The van der Waals surface area contributed by atoms with Crippen LogP contribution < -0.4 is 0 Å². The molecule has 0 amide bonds. The molecule has 1 rings (SSSR count). The normalized spacial score (nSPS) is 13.6. The highest BCUT2D eigenvalue weighted by Gasteiger charge is 2.29. The molecule has 1 nitrogen and oxygen atoms in total. The summed E-state index contributed by atoms with van der Waals surface area (Å²) >= 11 is 1.48. The number of carbonyl (C=O) groups excluding carboxylic acids is 1. The van der Waals surface area contributed by atoms with Gasteiger partial charge < -0.3 is 0 Å². The van der Waals surface area contributed by atoms with Crippen LogP contribution in [0.1, 0.15) is 17.4 Å². The smallest absolute Gasteiger partial charge is 0.186 e. The zero-order chi connectivity index (χ0) is 11.5. The second-order valence-corrected chi connectivity index (χ2v) is 11.8. The fourth-order valence-electron chi connectivity index (χ4n) is 1.54. The molecule has 3 heteroatoms. The Bertz CT molecular complexity index is 329. The van der Waals surface area contributed by atoms with Gasteiger partial charge in [0.25, 0.3) is 0 Å². The van der Waals surface area contributed by atoms with Crippen molar-refractivity contribution in [2.24, 2.45) is 0 Å². The van der Waals surface area contributed by atoms with Gasteiger partial charge in [-0.2, -0.15) is 0 Å². The molecule has 0 bridgehead atoms. The third-order valence-electron chi connectivity index (χ3n) is 2.17. The molecule has 0 N–H and O–H groups in total. The van der Waals surface area contributed by atoms with Gasteiger partial charge in [0.15, 0.2) is 5.12 Å². The zero-order valence-corrected chi connectivity index (χ0v) is 11.6. The summed E-state index contributed by atoms with van der Waals surface area (Å²) in [5.74, 6) is 0. The lowest BCUT2D eigenvalue weighted by molar-refractivity contribution is -0.109. The third-order valence-corrected chi connectivity index (χ3v) is 7.39. The van der Waals surface area contributed by atoms with Crippen LogP contribution in [0.2, 0.25) is 19.6 Å². The lowest BCUT2D eigenvalue weighted by atomic mass is 10.2. The van der Waals surface area contributed by atoms with Crippen LogP contribution in [0.25, 0.3) is 0 Å². The predicted molar refractivity (Wildman–Crippen MR) is 70.8 cm³/mol. The Labute approximate surface area is 97.3 Å². The van der Waals surface area contributed by atoms with Crippen molar-refractivity contribution in [1.82, 2.24) is 0 Å². The summed E-state index contributed by atoms with van der Waals surface area (Å²) in [6, 6.07) is 10.4. The standard InChI is InChI=1S/C12H18OSSi/c1-10(13)14-12(15(2,3)4)11-8-6-5-7-9-11/h5-9,12H,1-4H3. The molecule has 0 aliphatic rings. The van der Waals surface area contributed by atoms with Gasteiger partial charge in [-0.25, -0.2) is 0 Å². The molecule has 1 aromatic carbocycles. The molecule has 0 aromatic heterocycles. The van der Waals surface area contributed by atoms with Gasteiger partial charge in [-0.15, -0.1) is 0 Å². The Morgan fingerprint density at radius 2 is 1.73 bits per heavy atom. The summed E-state index contributed by atoms with van der Waals surface area (Å²) < 4.78 is 0. The summed E-state index contributed by atoms with van der Waals surface area (Å²) in [7, 11) is -1.35. The molecule has 0 heterocycles. The van der Waals surface area contributed by atoms with Crippen molar-refractivity contribution in [1.29, 1.82) is 0 Å². The van der Waals surface area contributed by atoms with E-state index in [1.54, 1.807) is 6.92 Å². The molecule has 1 aromatic rings. The molecule has 15 heavy (non-hydrogen) atoms. The van der Waals surface area contributed by atoms with Crippen LogP contribution in [0, 0.1) is 0 Å². The molecule has 0 saturated heterocycles. The van der Waals surface area contributed by atoms with E-state index in [0.29, 0.717) is 4.87 Å². The lowest BCUT2D eigenvalue weighted by Crippen LogP contribution is -2.29. The first kappa shape index (κ1) is 12.5. The third kappa shape index (κ3) is 3.84. The maximum absolute atomic E-state index is 11.3. The SMILES string of the molecule is CC(=O)SC(c1ccccc1)[Si](C)(C)C. The molecular weight excluding hydrogens is 220 g/mol. The largest absolute Gasteiger partial charge is 0.288 e. The van der Waals surface area contributed by atoms with Crippen LogP contribution in [0.3, 0.4) is 0 Å². The van der Waals surface area contributed by atoms with Gasteiger partial charge >= 0.3 is 0 Å². The lowest BCUT2D eigenvalue weighted by Gasteiger charge is -2.27. The van der Waals surface area contributed by atoms with E-state index < -0.39 is 8.07 Å². The highest BCUT2D eigenvalue weighted by atomic mass is 32.2. The van der Waals surface area contributed by atoms with Crippen LogP contribution in [0.5, 0.6) is 0 Å². The Balaban J connectivity index is 2.97. The van der Waals surface area contributed by atoms with Crippen molar-refractivity contribution in [2.75, 3.05) is 0 Å². The summed E-state index contributed by atoms with van der Waals surface area (Å²) in [6.07, 6.45) is 0. The molecule has 1 atom stereocenters. The van der Waals surface area contributed by atoms with Crippen LogP contribution >= 0.6 is 11.8 Å². The van der Waals surface area contributed by atoms with Gasteiger partial charge in [-0.3, -0.25) is 4.79 Å². The van der Waals surface area contributed by atoms with Gasteiger partial charge in [-0.05, 0) is 5.56 Å². The second-order valence-electron chi connectivity index (χ2n) is 4.77.